The summed E-state index contributed by atoms with van der Waals surface area (Å²) in [6.45, 7) is 0.446. The Hall–Kier alpha value is -3.67. The first-order chi connectivity index (χ1) is 14.5. The summed E-state index contributed by atoms with van der Waals surface area (Å²) in [5.74, 6) is -1.84. The lowest BCUT2D eigenvalue weighted by Gasteiger charge is -2.36. The van der Waals surface area contributed by atoms with Crippen LogP contribution in [-0.4, -0.2) is 22.5 Å². The van der Waals surface area contributed by atoms with Gasteiger partial charge in [-0.2, -0.15) is 0 Å². The van der Waals surface area contributed by atoms with Crippen molar-refractivity contribution in [3.63, 3.8) is 0 Å². The van der Waals surface area contributed by atoms with Crippen LogP contribution in [0.25, 0.3) is 22.0 Å². The topological polar surface area (TPSA) is 62.1 Å². The van der Waals surface area contributed by atoms with Gasteiger partial charge < -0.3 is 15.6 Å². The molecule has 1 unspecified atom stereocenters. The molecule has 0 bridgehead atoms. The van der Waals surface area contributed by atoms with Crippen LogP contribution in [0.3, 0.4) is 0 Å². The number of aromatic amines is 1. The lowest BCUT2D eigenvalue weighted by molar-refractivity contribution is 0.190. The van der Waals surface area contributed by atoms with E-state index in [0.717, 1.165) is 28.3 Å². The van der Waals surface area contributed by atoms with Gasteiger partial charge in [0.1, 0.15) is 0 Å². The maximum Gasteiger partial charge on any atom is 0.315 e. The Labute approximate surface area is 171 Å². The molecule has 0 saturated carbocycles. The normalized spacial score (nSPS) is 15.9. The largest absolute Gasteiger partial charge is 0.361 e. The van der Waals surface area contributed by atoms with Crippen LogP contribution in [0.1, 0.15) is 22.7 Å². The Bertz CT molecular complexity index is 1270. The fraction of sp³-hybridized carbons (Fsp3) is 0.125. The van der Waals surface area contributed by atoms with Gasteiger partial charge in [0.2, 0.25) is 0 Å². The molecular weight excluding hydrogens is 384 g/mol. The molecule has 6 heteroatoms. The van der Waals surface area contributed by atoms with Crippen LogP contribution in [-0.2, 0) is 6.42 Å². The first kappa shape index (κ1) is 18.4. The monoisotopic (exact) mass is 403 g/mol. The smallest absolute Gasteiger partial charge is 0.315 e. The summed E-state index contributed by atoms with van der Waals surface area (Å²) in [7, 11) is 0. The molecule has 3 N–H and O–H groups in total. The van der Waals surface area contributed by atoms with Gasteiger partial charge in [-0.3, -0.25) is 0 Å². The van der Waals surface area contributed by atoms with Crippen LogP contribution in [0.4, 0.5) is 13.6 Å². The third-order valence-electron chi connectivity index (χ3n) is 5.81. The summed E-state index contributed by atoms with van der Waals surface area (Å²) in [6.07, 6.45) is 2.37. The molecule has 4 nitrogen and oxygen atoms in total. The second-order valence-electron chi connectivity index (χ2n) is 7.52. The predicted molar refractivity (Wildman–Crippen MR) is 112 cm³/mol. The zero-order chi connectivity index (χ0) is 20.8. The highest BCUT2D eigenvalue weighted by Crippen LogP contribution is 2.40. The van der Waals surface area contributed by atoms with Crippen molar-refractivity contribution in [2.45, 2.75) is 12.5 Å². The van der Waals surface area contributed by atoms with E-state index in [1.807, 2.05) is 30.3 Å². The maximum atomic E-state index is 14.0. The number of nitrogens with two attached hydrogens (primary N) is 1. The molecule has 1 aliphatic heterocycles. The van der Waals surface area contributed by atoms with E-state index in [9.17, 15) is 13.6 Å². The average Bonchev–Trinajstić information content (AvgIpc) is 3.15. The minimum Gasteiger partial charge on any atom is -0.361 e. The van der Waals surface area contributed by atoms with Crippen molar-refractivity contribution in [3.05, 3.63) is 95.2 Å². The molecule has 0 saturated heterocycles. The van der Waals surface area contributed by atoms with Crippen molar-refractivity contribution < 1.29 is 13.6 Å². The number of urea groups is 1. The molecule has 150 valence electrons. The van der Waals surface area contributed by atoms with Crippen LogP contribution < -0.4 is 5.73 Å². The molecule has 3 aromatic carbocycles. The molecule has 4 aromatic rings. The number of carbonyl (C=O) groups is 1. The number of nitrogens with one attached hydrogen (secondary N) is 1. The fourth-order valence-corrected chi connectivity index (χ4v) is 4.37. The average molecular weight is 403 g/mol. The first-order valence-electron chi connectivity index (χ1n) is 9.73. The number of nitrogens with zero attached hydrogens (tertiary/aromatic N) is 1. The van der Waals surface area contributed by atoms with Gasteiger partial charge in [0.15, 0.2) is 11.6 Å². The van der Waals surface area contributed by atoms with Crippen molar-refractivity contribution in [1.29, 1.82) is 0 Å². The van der Waals surface area contributed by atoms with Crippen molar-refractivity contribution in [2.75, 3.05) is 6.54 Å². The number of fused-ring (bicyclic) bond motifs is 2. The zero-order valence-corrected chi connectivity index (χ0v) is 16.0. The van der Waals surface area contributed by atoms with Crippen molar-refractivity contribution in [2.24, 2.45) is 5.73 Å². The van der Waals surface area contributed by atoms with E-state index in [0.29, 0.717) is 29.4 Å². The number of hydrogen-bond acceptors (Lipinski definition) is 1. The SMILES string of the molecule is NC(=O)N1CCc2cc(-c3ccccc3)ccc2C1c1c[nH]c2cc(F)c(F)cc12. The Kier molecular flexibility index (Phi) is 4.28. The number of benzene rings is 3. The van der Waals surface area contributed by atoms with Crippen molar-refractivity contribution in [1.82, 2.24) is 9.88 Å². The third kappa shape index (κ3) is 2.92. The summed E-state index contributed by atoms with van der Waals surface area (Å²) >= 11 is 0. The molecule has 0 spiro atoms. The summed E-state index contributed by atoms with van der Waals surface area (Å²) in [5, 5.41) is 0.533. The van der Waals surface area contributed by atoms with Gasteiger partial charge in [-0.25, -0.2) is 13.6 Å². The van der Waals surface area contributed by atoms with Gasteiger partial charge in [0.25, 0.3) is 0 Å². The summed E-state index contributed by atoms with van der Waals surface area (Å²) < 4.78 is 27.6. The van der Waals surface area contributed by atoms with Crippen molar-refractivity contribution >= 4 is 16.9 Å². The van der Waals surface area contributed by atoms with E-state index in [4.69, 9.17) is 5.73 Å². The molecule has 0 radical (unpaired) electrons. The van der Waals surface area contributed by atoms with Gasteiger partial charge >= 0.3 is 6.03 Å². The Morgan fingerprint density at radius 3 is 2.50 bits per heavy atom. The Balaban J connectivity index is 1.67. The molecule has 0 aliphatic carbocycles. The van der Waals surface area contributed by atoms with Gasteiger partial charge in [-0.1, -0.05) is 48.5 Å². The number of rotatable bonds is 2. The van der Waals surface area contributed by atoms with Gasteiger partial charge in [0.05, 0.1) is 6.04 Å². The van der Waals surface area contributed by atoms with Crippen LogP contribution >= 0.6 is 0 Å². The minimum atomic E-state index is -0.926. The summed E-state index contributed by atoms with van der Waals surface area (Å²) in [6, 6.07) is 17.5. The molecule has 1 aliphatic rings. The van der Waals surface area contributed by atoms with E-state index in [-0.39, 0.29) is 0 Å². The number of primary amides is 1. The van der Waals surface area contributed by atoms with E-state index >= 15 is 0 Å². The summed E-state index contributed by atoms with van der Waals surface area (Å²) in [5.41, 5.74) is 11.1. The molecule has 1 atom stereocenters. The van der Waals surface area contributed by atoms with E-state index in [1.165, 1.54) is 6.07 Å². The lowest BCUT2D eigenvalue weighted by atomic mass is 9.86. The number of amides is 2. The molecular formula is C24H19F2N3O. The van der Waals surface area contributed by atoms with Crippen LogP contribution in [0.5, 0.6) is 0 Å². The van der Waals surface area contributed by atoms with Crippen LogP contribution in [0.15, 0.2) is 66.9 Å². The minimum absolute atomic E-state index is 0.446. The lowest BCUT2D eigenvalue weighted by Crippen LogP contribution is -2.43. The Morgan fingerprint density at radius 2 is 1.73 bits per heavy atom. The molecule has 5 rings (SSSR count). The second kappa shape index (κ2) is 6.99. The van der Waals surface area contributed by atoms with Gasteiger partial charge in [0, 0.05) is 35.3 Å². The van der Waals surface area contributed by atoms with Crippen LogP contribution in [0.2, 0.25) is 0 Å². The van der Waals surface area contributed by atoms with E-state index in [2.05, 4.69) is 23.2 Å². The standard InChI is InChI=1S/C24H19F2N3O/c25-20-11-18-19(13-28-22(18)12-21(20)26)23-17-7-6-15(14-4-2-1-3-5-14)10-16(17)8-9-29(23)24(27)30/h1-7,10-13,23,28H,8-9H2,(H2,27,30). The molecule has 1 aromatic heterocycles. The highest BCUT2D eigenvalue weighted by molar-refractivity contribution is 5.86. The Morgan fingerprint density at radius 1 is 0.967 bits per heavy atom. The number of hydrogen-bond donors (Lipinski definition) is 2. The molecule has 0 fully saturated rings. The third-order valence-corrected chi connectivity index (χ3v) is 5.81. The van der Waals surface area contributed by atoms with E-state index in [1.54, 1.807) is 11.1 Å². The fourth-order valence-electron chi connectivity index (χ4n) is 4.37. The second-order valence-corrected chi connectivity index (χ2v) is 7.52. The molecule has 30 heavy (non-hydrogen) atoms. The molecule has 2 heterocycles. The number of halogens is 2. The van der Waals surface area contributed by atoms with Gasteiger partial charge in [-0.15, -0.1) is 0 Å². The predicted octanol–water partition coefficient (Wildman–Crippen LogP) is 5.14. The highest BCUT2D eigenvalue weighted by atomic mass is 19.2. The van der Waals surface area contributed by atoms with Gasteiger partial charge in [-0.05, 0) is 34.7 Å². The van der Waals surface area contributed by atoms with Crippen LogP contribution in [0, 0.1) is 11.6 Å². The number of carbonyl (C=O) groups excluding carboxylic acids is 1. The van der Waals surface area contributed by atoms with Crippen molar-refractivity contribution in [3.8, 4) is 11.1 Å². The number of H-pyrrole nitrogens is 1. The molecule has 2 amide bonds. The quantitative estimate of drug-likeness (QED) is 0.478. The first-order valence-corrected chi connectivity index (χ1v) is 9.73. The number of aromatic nitrogens is 1. The van der Waals surface area contributed by atoms with E-state index < -0.39 is 23.7 Å². The summed E-state index contributed by atoms with van der Waals surface area (Å²) in [4.78, 5) is 16.8. The maximum absolute atomic E-state index is 14.0. The highest BCUT2D eigenvalue weighted by Gasteiger charge is 2.33. The zero-order valence-electron chi connectivity index (χ0n) is 16.0.